The van der Waals surface area contributed by atoms with Crippen LogP contribution in [0.25, 0.3) is 0 Å². The van der Waals surface area contributed by atoms with Gasteiger partial charge < -0.3 is 19.3 Å². The van der Waals surface area contributed by atoms with Crippen molar-refractivity contribution in [2.45, 2.75) is 46.1 Å². The fraction of sp³-hybridized carbons (Fsp3) is 0.632. The van der Waals surface area contributed by atoms with Crippen molar-refractivity contribution in [1.29, 1.82) is 0 Å². The lowest BCUT2D eigenvalue weighted by Gasteiger charge is -2.36. The van der Waals surface area contributed by atoms with Crippen LogP contribution in [0.1, 0.15) is 39.7 Å². The Morgan fingerprint density at radius 1 is 1.15 bits per heavy atom. The van der Waals surface area contributed by atoms with Gasteiger partial charge in [-0.25, -0.2) is 9.78 Å². The average molecular weight is 363 g/mol. The van der Waals surface area contributed by atoms with Crippen LogP contribution in [0.2, 0.25) is 0 Å². The molecule has 0 bridgehead atoms. The molecule has 1 amide bonds. The van der Waals surface area contributed by atoms with Gasteiger partial charge in [-0.1, -0.05) is 6.07 Å². The first-order valence-corrected chi connectivity index (χ1v) is 9.12. The van der Waals surface area contributed by atoms with Crippen molar-refractivity contribution < 1.29 is 19.1 Å². The first-order chi connectivity index (χ1) is 12.3. The van der Waals surface area contributed by atoms with Crippen LogP contribution in [0.4, 0.5) is 10.6 Å². The number of hydrogen-bond acceptors (Lipinski definition) is 6. The largest absolute Gasteiger partial charge is 0.466 e. The lowest BCUT2D eigenvalue weighted by Crippen LogP contribution is -2.50. The summed E-state index contributed by atoms with van der Waals surface area (Å²) in [7, 11) is 0. The van der Waals surface area contributed by atoms with E-state index in [1.54, 1.807) is 18.0 Å². The fourth-order valence-corrected chi connectivity index (χ4v) is 2.68. The second-order valence-corrected chi connectivity index (χ2v) is 7.28. The van der Waals surface area contributed by atoms with E-state index in [2.05, 4.69) is 9.88 Å². The summed E-state index contributed by atoms with van der Waals surface area (Å²) in [4.78, 5) is 31.9. The van der Waals surface area contributed by atoms with Gasteiger partial charge >= 0.3 is 12.1 Å². The van der Waals surface area contributed by atoms with Gasteiger partial charge in [0.15, 0.2) is 0 Å². The Kier molecular flexibility index (Phi) is 6.83. The molecule has 1 aliphatic heterocycles. The third kappa shape index (κ3) is 6.20. The summed E-state index contributed by atoms with van der Waals surface area (Å²) in [5, 5.41) is 0. The highest BCUT2D eigenvalue weighted by molar-refractivity contribution is 5.69. The number of aromatic nitrogens is 1. The van der Waals surface area contributed by atoms with E-state index in [9.17, 15) is 9.59 Å². The van der Waals surface area contributed by atoms with E-state index in [0.29, 0.717) is 45.6 Å². The average Bonchev–Trinajstić information content (AvgIpc) is 2.59. The van der Waals surface area contributed by atoms with Crippen LogP contribution >= 0.6 is 0 Å². The molecule has 144 valence electrons. The van der Waals surface area contributed by atoms with Crippen LogP contribution in [0, 0.1) is 0 Å². The van der Waals surface area contributed by atoms with Gasteiger partial charge in [0.1, 0.15) is 11.4 Å². The molecule has 1 aromatic heterocycles. The van der Waals surface area contributed by atoms with Gasteiger partial charge in [-0.3, -0.25) is 4.79 Å². The van der Waals surface area contributed by atoms with Crippen molar-refractivity contribution in [2.75, 3.05) is 37.7 Å². The number of nitrogens with zero attached hydrogens (tertiary/aromatic N) is 3. The van der Waals surface area contributed by atoms with Crippen molar-refractivity contribution >= 4 is 17.9 Å². The Morgan fingerprint density at radius 2 is 1.85 bits per heavy atom. The zero-order chi connectivity index (χ0) is 19.2. The molecule has 0 radical (unpaired) electrons. The molecule has 0 atom stereocenters. The standard InChI is InChI=1S/C19H29N3O4/c1-5-25-17(23)9-7-15-6-8-16(20-14-15)21-10-12-22(13-11-21)18(24)26-19(2,3)4/h6,8,14H,5,7,9-13H2,1-4H3. The fourth-order valence-electron chi connectivity index (χ4n) is 2.68. The van der Waals surface area contributed by atoms with Gasteiger partial charge in [0.05, 0.1) is 6.61 Å². The summed E-state index contributed by atoms with van der Waals surface area (Å²) in [6.07, 6.45) is 2.52. The van der Waals surface area contributed by atoms with Gasteiger partial charge in [-0.2, -0.15) is 0 Å². The topological polar surface area (TPSA) is 72.0 Å². The van der Waals surface area contributed by atoms with Crippen molar-refractivity contribution in [3.63, 3.8) is 0 Å². The van der Waals surface area contributed by atoms with Gasteiger partial charge in [0, 0.05) is 38.8 Å². The molecule has 1 fully saturated rings. The minimum atomic E-state index is -0.477. The minimum absolute atomic E-state index is 0.185. The summed E-state index contributed by atoms with van der Waals surface area (Å²) >= 11 is 0. The number of amides is 1. The summed E-state index contributed by atoms with van der Waals surface area (Å²) in [5.41, 5.74) is 0.531. The second kappa shape index (κ2) is 8.87. The van der Waals surface area contributed by atoms with Crippen LogP contribution < -0.4 is 4.90 Å². The first kappa shape index (κ1) is 20.0. The number of rotatable bonds is 5. The third-order valence-electron chi connectivity index (χ3n) is 3.99. The molecule has 1 saturated heterocycles. The molecule has 7 heteroatoms. The maximum Gasteiger partial charge on any atom is 0.410 e. The highest BCUT2D eigenvalue weighted by Gasteiger charge is 2.26. The minimum Gasteiger partial charge on any atom is -0.466 e. The maximum atomic E-state index is 12.1. The van der Waals surface area contributed by atoms with Crippen molar-refractivity contribution in [2.24, 2.45) is 0 Å². The van der Waals surface area contributed by atoms with Gasteiger partial charge in [0.25, 0.3) is 0 Å². The highest BCUT2D eigenvalue weighted by atomic mass is 16.6. The molecule has 7 nitrogen and oxygen atoms in total. The van der Waals surface area contributed by atoms with E-state index in [1.165, 1.54) is 0 Å². The van der Waals surface area contributed by atoms with Crippen LogP contribution in [0.5, 0.6) is 0 Å². The molecule has 1 aromatic rings. The first-order valence-electron chi connectivity index (χ1n) is 9.12. The number of carbonyl (C=O) groups is 2. The summed E-state index contributed by atoms with van der Waals surface area (Å²) in [5.74, 6) is 0.698. The normalized spacial score (nSPS) is 14.9. The van der Waals surface area contributed by atoms with E-state index in [1.807, 2.05) is 32.9 Å². The van der Waals surface area contributed by atoms with Crippen molar-refractivity contribution in [3.05, 3.63) is 23.9 Å². The SMILES string of the molecule is CCOC(=O)CCc1ccc(N2CCN(C(=O)OC(C)(C)C)CC2)nc1. The van der Waals surface area contributed by atoms with Crippen LogP contribution in [0.3, 0.4) is 0 Å². The lowest BCUT2D eigenvalue weighted by molar-refractivity contribution is -0.143. The van der Waals surface area contributed by atoms with E-state index >= 15 is 0 Å². The van der Waals surface area contributed by atoms with Crippen molar-refractivity contribution in [3.8, 4) is 0 Å². The van der Waals surface area contributed by atoms with Crippen LogP contribution in [0.15, 0.2) is 18.3 Å². The zero-order valence-electron chi connectivity index (χ0n) is 16.2. The molecule has 0 spiro atoms. The summed E-state index contributed by atoms with van der Waals surface area (Å²) in [6.45, 7) is 10.5. The molecule has 0 aromatic carbocycles. The molecule has 26 heavy (non-hydrogen) atoms. The molecule has 2 rings (SSSR count). The Balaban J connectivity index is 1.82. The molecular weight excluding hydrogens is 334 g/mol. The Bertz CT molecular complexity index is 602. The predicted molar refractivity (Wildman–Crippen MR) is 99.2 cm³/mol. The van der Waals surface area contributed by atoms with Gasteiger partial charge in [-0.05, 0) is 45.7 Å². The predicted octanol–water partition coefficient (Wildman–Crippen LogP) is 2.63. The van der Waals surface area contributed by atoms with E-state index in [-0.39, 0.29) is 12.1 Å². The second-order valence-electron chi connectivity index (χ2n) is 7.28. The van der Waals surface area contributed by atoms with E-state index in [0.717, 1.165) is 11.4 Å². The van der Waals surface area contributed by atoms with Crippen LogP contribution in [-0.4, -0.2) is 60.3 Å². The number of ether oxygens (including phenoxy) is 2. The molecule has 1 aliphatic rings. The Morgan fingerprint density at radius 3 is 2.38 bits per heavy atom. The number of anilines is 1. The van der Waals surface area contributed by atoms with Gasteiger partial charge in [0.2, 0.25) is 0 Å². The number of piperazine rings is 1. The number of pyridine rings is 1. The molecule has 0 unspecified atom stereocenters. The molecule has 0 aliphatic carbocycles. The lowest BCUT2D eigenvalue weighted by atomic mass is 10.1. The maximum absolute atomic E-state index is 12.1. The van der Waals surface area contributed by atoms with Gasteiger partial charge in [-0.15, -0.1) is 0 Å². The smallest absolute Gasteiger partial charge is 0.410 e. The number of hydrogen-bond donors (Lipinski definition) is 0. The molecule has 0 saturated carbocycles. The van der Waals surface area contributed by atoms with Crippen LogP contribution in [-0.2, 0) is 20.7 Å². The molecule has 0 N–H and O–H groups in total. The highest BCUT2D eigenvalue weighted by Crippen LogP contribution is 2.17. The Hall–Kier alpha value is -2.31. The van der Waals surface area contributed by atoms with E-state index in [4.69, 9.17) is 9.47 Å². The van der Waals surface area contributed by atoms with Crippen molar-refractivity contribution in [1.82, 2.24) is 9.88 Å². The quantitative estimate of drug-likeness (QED) is 0.749. The third-order valence-corrected chi connectivity index (χ3v) is 3.99. The number of carbonyl (C=O) groups excluding carboxylic acids is 2. The van der Waals surface area contributed by atoms with E-state index < -0.39 is 5.60 Å². The summed E-state index contributed by atoms with van der Waals surface area (Å²) < 4.78 is 10.3. The molecule has 2 heterocycles. The molecular formula is C19H29N3O4. The Labute approximate surface area is 155 Å². The monoisotopic (exact) mass is 363 g/mol. The summed E-state index contributed by atoms with van der Waals surface area (Å²) in [6, 6.07) is 3.95. The number of aryl methyl sites for hydroxylation is 1. The zero-order valence-corrected chi connectivity index (χ0v) is 16.2. The number of esters is 1.